The van der Waals surface area contributed by atoms with Crippen molar-refractivity contribution in [3.05, 3.63) is 101 Å². The van der Waals surface area contributed by atoms with Gasteiger partial charge in [0.05, 0.1) is 18.2 Å². The number of aromatic amines is 2. The molecule has 1 unspecified atom stereocenters. The van der Waals surface area contributed by atoms with Crippen LogP contribution in [0.2, 0.25) is 5.02 Å². The van der Waals surface area contributed by atoms with Gasteiger partial charge in [0.25, 0.3) is 0 Å². The van der Waals surface area contributed by atoms with Gasteiger partial charge < -0.3 is 45.8 Å². The molecule has 64 heavy (non-hydrogen) atoms. The van der Waals surface area contributed by atoms with Gasteiger partial charge in [-0.2, -0.15) is 0 Å². The number of amides is 5. The highest BCUT2D eigenvalue weighted by atomic mass is 35.5. The second-order valence-electron chi connectivity index (χ2n) is 16.2. The Morgan fingerprint density at radius 1 is 0.766 bits per heavy atom. The fraction of sp³-hybridized carbons (Fsp3) is 0.400. The molecule has 2 heterocycles. The number of fused-ring (bicyclic) bond motifs is 2. The topological polar surface area (TPSA) is 242 Å². The minimum absolute atomic E-state index is 0.00504. The minimum Gasteiger partial charge on any atom is -0.444 e. The average Bonchev–Trinajstić information content (AvgIpc) is 3.85. The number of carbonyl (C=O) groups is 5. The summed E-state index contributed by atoms with van der Waals surface area (Å²) in [5, 5.41) is 15.7. The maximum atomic E-state index is 14.0. The van der Waals surface area contributed by atoms with Gasteiger partial charge >= 0.3 is 13.9 Å². The molecule has 8 N–H and O–H groups in total. The van der Waals surface area contributed by atoms with Gasteiger partial charge in [-0.3, -0.25) is 28.6 Å². The van der Waals surface area contributed by atoms with Crippen molar-refractivity contribution in [1.82, 2.24) is 36.6 Å². The van der Waals surface area contributed by atoms with Crippen LogP contribution >= 0.6 is 19.4 Å². The standard InChI is InChI=1S/C45H57ClN7O10P/c1-45(2,3)62-44(58)53-38(27-32-25-30-15-6-9-18-35(30)51-32)43(57)52-37(26-31-28-49-36-19-10-7-16-33(31)36)42(56)48-23-14-21-40(54)50-29-41(55)47-22-12-4-5-13-24-61-64(59,60)63-39-20-11-8-17-34(39)46/h6-11,15-20,25,28,37-38,49,51H,4-5,12-14,21-24,26-27,29H2,1-3H3,(H,47,55)(H,48,56)(H,50,54)(H,52,57)(H,53,58)(H,59,60)/t37-,38-/m0/s1. The van der Waals surface area contributed by atoms with Gasteiger partial charge in [0.15, 0.2) is 0 Å². The molecule has 0 radical (unpaired) electrons. The van der Waals surface area contributed by atoms with Crippen molar-refractivity contribution in [1.29, 1.82) is 0 Å². The minimum atomic E-state index is -4.32. The SMILES string of the molecule is CC(C)(C)OC(=O)N[C@@H](Cc1cc2ccccc2[nH]1)C(=O)N[C@@H](Cc1c[nH]c2ccccc12)C(=O)NCCCC(=O)NCC(=O)NCCCCCCOP(=O)(O)Oc1ccccc1Cl. The molecule has 5 amide bonds. The predicted molar refractivity (Wildman–Crippen MR) is 244 cm³/mol. The van der Waals surface area contributed by atoms with Crippen LogP contribution in [0, 0.1) is 0 Å². The smallest absolute Gasteiger partial charge is 0.444 e. The van der Waals surface area contributed by atoms with Gasteiger partial charge in [-0.05, 0) is 81.3 Å². The van der Waals surface area contributed by atoms with Crippen LogP contribution in [0.1, 0.15) is 70.6 Å². The Kier molecular flexibility index (Phi) is 18.2. The number of hydrogen-bond acceptors (Lipinski definition) is 9. The molecule has 17 nitrogen and oxygen atoms in total. The summed E-state index contributed by atoms with van der Waals surface area (Å²) in [6.07, 6.45) is 4.08. The van der Waals surface area contributed by atoms with E-state index in [1.807, 2.05) is 54.6 Å². The molecular formula is C45H57ClN7O10P. The van der Waals surface area contributed by atoms with Crippen LogP contribution in [0.15, 0.2) is 85.1 Å². The van der Waals surface area contributed by atoms with Crippen molar-refractivity contribution >= 4 is 71.0 Å². The van der Waals surface area contributed by atoms with Crippen molar-refractivity contribution in [2.24, 2.45) is 0 Å². The van der Waals surface area contributed by atoms with E-state index in [0.29, 0.717) is 31.5 Å². The number of ether oxygens (including phenoxy) is 1. The number of benzene rings is 3. The Hall–Kier alpha value is -5.87. The number of unbranched alkanes of at least 4 members (excludes halogenated alkanes) is 3. The number of carbonyl (C=O) groups excluding carboxylic acids is 5. The van der Waals surface area contributed by atoms with Crippen LogP contribution in [0.25, 0.3) is 21.8 Å². The Morgan fingerprint density at radius 2 is 1.45 bits per heavy atom. The number of para-hydroxylation sites is 3. The first-order valence-electron chi connectivity index (χ1n) is 21.2. The van der Waals surface area contributed by atoms with Gasteiger partial charge in [-0.1, -0.05) is 73.0 Å². The molecule has 0 saturated heterocycles. The second kappa shape index (κ2) is 23.7. The molecule has 5 rings (SSSR count). The lowest BCUT2D eigenvalue weighted by atomic mass is 10.0. The van der Waals surface area contributed by atoms with Crippen LogP contribution < -0.4 is 31.1 Å². The molecule has 2 aromatic heterocycles. The molecule has 0 aliphatic heterocycles. The normalized spacial score (nSPS) is 13.3. The first-order chi connectivity index (χ1) is 30.5. The number of nitrogens with one attached hydrogen (secondary N) is 7. The largest absolute Gasteiger partial charge is 0.527 e. The van der Waals surface area contributed by atoms with Gasteiger partial charge in [-0.25, -0.2) is 9.36 Å². The molecule has 0 saturated carbocycles. The highest BCUT2D eigenvalue weighted by molar-refractivity contribution is 7.47. The molecule has 0 bridgehead atoms. The Labute approximate surface area is 376 Å². The Morgan fingerprint density at radius 3 is 2.22 bits per heavy atom. The maximum absolute atomic E-state index is 14.0. The summed E-state index contributed by atoms with van der Waals surface area (Å²) >= 11 is 5.96. The van der Waals surface area contributed by atoms with Crippen LogP contribution in [0.4, 0.5) is 4.79 Å². The number of phosphoric acid groups is 1. The van der Waals surface area contributed by atoms with E-state index in [9.17, 15) is 33.4 Å². The molecule has 344 valence electrons. The van der Waals surface area contributed by atoms with Gasteiger partial charge in [-0.15, -0.1) is 0 Å². The first-order valence-corrected chi connectivity index (χ1v) is 23.1. The summed E-state index contributed by atoms with van der Waals surface area (Å²) < 4.78 is 27.7. The number of halogens is 1. The molecule has 5 aromatic rings. The third-order valence-electron chi connectivity index (χ3n) is 9.77. The average molecular weight is 922 g/mol. The summed E-state index contributed by atoms with van der Waals surface area (Å²) in [7, 11) is -4.32. The summed E-state index contributed by atoms with van der Waals surface area (Å²) in [6.45, 7) is 5.44. The third kappa shape index (κ3) is 16.4. The van der Waals surface area contributed by atoms with Gasteiger partial charge in [0.2, 0.25) is 23.6 Å². The molecular weight excluding hydrogens is 865 g/mol. The second-order valence-corrected chi connectivity index (χ2v) is 18.0. The summed E-state index contributed by atoms with van der Waals surface area (Å²) in [5.74, 6) is -1.76. The molecule has 0 spiro atoms. The van der Waals surface area contributed by atoms with E-state index >= 15 is 0 Å². The number of alkyl carbamates (subject to hydrolysis) is 1. The van der Waals surface area contributed by atoms with Crippen LogP contribution in [-0.2, 0) is 45.8 Å². The van der Waals surface area contributed by atoms with Crippen molar-refractivity contribution in [3.63, 3.8) is 0 Å². The lowest BCUT2D eigenvalue weighted by Gasteiger charge is -2.25. The van der Waals surface area contributed by atoms with E-state index in [1.165, 1.54) is 12.1 Å². The molecule has 0 aliphatic rings. The summed E-state index contributed by atoms with van der Waals surface area (Å²) in [5.41, 5.74) is 2.41. The van der Waals surface area contributed by atoms with E-state index < -0.39 is 43.4 Å². The highest BCUT2D eigenvalue weighted by Crippen LogP contribution is 2.45. The van der Waals surface area contributed by atoms with E-state index in [2.05, 4.69) is 36.6 Å². The van der Waals surface area contributed by atoms with Crippen molar-refractivity contribution in [2.45, 2.75) is 89.8 Å². The monoisotopic (exact) mass is 921 g/mol. The highest BCUT2D eigenvalue weighted by Gasteiger charge is 2.30. The molecule has 0 fully saturated rings. The maximum Gasteiger partial charge on any atom is 0.527 e. The zero-order valence-corrected chi connectivity index (χ0v) is 37.8. The predicted octanol–water partition coefficient (Wildman–Crippen LogP) is 6.35. The number of aromatic nitrogens is 2. The Balaban J connectivity index is 1.05. The van der Waals surface area contributed by atoms with Crippen LogP contribution in [-0.4, -0.2) is 88.5 Å². The number of rotatable bonds is 24. The van der Waals surface area contributed by atoms with E-state index in [4.69, 9.17) is 25.4 Å². The van der Waals surface area contributed by atoms with Crippen molar-refractivity contribution in [3.8, 4) is 5.75 Å². The third-order valence-corrected chi connectivity index (χ3v) is 11.0. The van der Waals surface area contributed by atoms with E-state index in [1.54, 1.807) is 39.1 Å². The molecule has 3 atom stereocenters. The summed E-state index contributed by atoms with van der Waals surface area (Å²) in [4.78, 5) is 82.1. The van der Waals surface area contributed by atoms with E-state index in [0.717, 1.165) is 33.8 Å². The first kappa shape index (κ1) is 49.2. The number of phosphoric ester groups is 1. The fourth-order valence-electron chi connectivity index (χ4n) is 6.70. The molecule has 3 aromatic carbocycles. The van der Waals surface area contributed by atoms with Crippen molar-refractivity contribution < 1.29 is 47.2 Å². The van der Waals surface area contributed by atoms with Gasteiger partial charge in [0, 0.05) is 60.7 Å². The molecule has 0 aliphatic carbocycles. The van der Waals surface area contributed by atoms with Crippen molar-refractivity contribution in [2.75, 3.05) is 26.2 Å². The fourth-order valence-corrected chi connectivity index (χ4v) is 7.74. The quantitative estimate of drug-likeness (QED) is 0.0252. The Bertz CT molecular complexity index is 2380. The van der Waals surface area contributed by atoms with E-state index in [-0.39, 0.29) is 68.0 Å². The van der Waals surface area contributed by atoms with Crippen LogP contribution in [0.3, 0.4) is 0 Å². The van der Waals surface area contributed by atoms with Gasteiger partial charge in [0.1, 0.15) is 23.4 Å². The lowest BCUT2D eigenvalue weighted by molar-refractivity contribution is -0.130. The lowest BCUT2D eigenvalue weighted by Crippen LogP contribution is -2.55. The molecule has 19 heteroatoms. The van der Waals surface area contributed by atoms with Crippen LogP contribution in [0.5, 0.6) is 5.75 Å². The summed E-state index contributed by atoms with van der Waals surface area (Å²) in [6, 6.07) is 21.3. The number of hydrogen-bond donors (Lipinski definition) is 8. The zero-order valence-electron chi connectivity index (χ0n) is 36.2. The zero-order chi connectivity index (χ0) is 46.1. The number of H-pyrrole nitrogens is 2.